The third-order valence-electron chi connectivity index (χ3n) is 3.58. The largest absolute Gasteiger partial charge is 0.472 e. The fourth-order valence-electron chi connectivity index (χ4n) is 2.31. The number of ether oxygens (including phenoxy) is 2. The number of aromatic nitrogens is 2. The van der Waals surface area contributed by atoms with Gasteiger partial charge in [0.05, 0.1) is 24.8 Å². The van der Waals surface area contributed by atoms with Crippen LogP contribution < -0.4 is 15.8 Å². The average Bonchev–Trinajstić information content (AvgIpc) is 2.66. The molecule has 1 aromatic heterocycles. The number of amides is 1. The van der Waals surface area contributed by atoms with Gasteiger partial charge in [0.2, 0.25) is 11.8 Å². The Labute approximate surface area is 162 Å². The molecule has 28 heavy (non-hydrogen) atoms. The Morgan fingerprint density at radius 2 is 2.11 bits per heavy atom. The Morgan fingerprint density at radius 1 is 1.36 bits per heavy atom. The van der Waals surface area contributed by atoms with Crippen LogP contribution in [0.5, 0.6) is 5.88 Å². The van der Waals surface area contributed by atoms with Crippen LogP contribution in [0.3, 0.4) is 0 Å². The van der Waals surface area contributed by atoms with Gasteiger partial charge in [-0.25, -0.2) is 9.78 Å². The minimum atomic E-state index is -0.709. The van der Waals surface area contributed by atoms with Crippen LogP contribution in [0, 0.1) is 11.3 Å². The van der Waals surface area contributed by atoms with Crippen molar-refractivity contribution in [2.75, 3.05) is 18.9 Å². The smallest absolute Gasteiger partial charge is 0.347 e. The van der Waals surface area contributed by atoms with Gasteiger partial charge < -0.3 is 20.5 Å². The van der Waals surface area contributed by atoms with Crippen LogP contribution in [0.15, 0.2) is 24.3 Å². The van der Waals surface area contributed by atoms with E-state index in [1.807, 2.05) is 6.07 Å². The number of hydrogen-bond donors (Lipinski definition) is 2. The highest BCUT2D eigenvalue weighted by Crippen LogP contribution is 2.27. The molecule has 0 aliphatic heterocycles. The van der Waals surface area contributed by atoms with Crippen molar-refractivity contribution in [2.24, 2.45) is 0 Å². The standard InChI is InChI=1S/C19H21N5O4/c1-4-27-19(26)15-16(21)23-17(14-7-5-6-13(8-14)9-20)24-18(15)28-11(2)10-22-12(3)25/h5-8,11H,4,10H2,1-3H3,(H,22,25)(H2,21,23,24)/t11-/m0/s1. The zero-order chi connectivity index (χ0) is 20.7. The number of nitrogens with zero attached hydrogens (tertiary/aromatic N) is 3. The van der Waals surface area contributed by atoms with E-state index in [0.29, 0.717) is 11.1 Å². The summed E-state index contributed by atoms with van der Waals surface area (Å²) in [6, 6.07) is 8.69. The van der Waals surface area contributed by atoms with Crippen LogP contribution in [-0.2, 0) is 9.53 Å². The first-order valence-corrected chi connectivity index (χ1v) is 8.62. The van der Waals surface area contributed by atoms with Gasteiger partial charge in [0, 0.05) is 12.5 Å². The van der Waals surface area contributed by atoms with Gasteiger partial charge in [0.1, 0.15) is 11.9 Å². The molecule has 0 unspecified atom stereocenters. The Balaban J connectivity index is 2.47. The lowest BCUT2D eigenvalue weighted by Gasteiger charge is -2.18. The molecule has 0 spiro atoms. The predicted molar refractivity (Wildman–Crippen MR) is 101 cm³/mol. The number of nitrogens with two attached hydrogens (primary N) is 1. The van der Waals surface area contributed by atoms with Crippen LogP contribution in [0.4, 0.5) is 5.82 Å². The van der Waals surface area contributed by atoms with Gasteiger partial charge in [-0.3, -0.25) is 4.79 Å². The molecular formula is C19H21N5O4. The molecule has 1 amide bonds. The lowest BCUT2D eigenvalue weighted by Crippen LogP contribution is -2.32. The maximum atomic E-state index is 12.3. The van der Waals surface area contributed by atoms with Gasteiger partial charge in [0.15, 0.2) is 11.4 Å². The summed E-state index contributed by atoms with van der Waals surface area (Å²) >= 11 is 0. The number of nitrogen functional groups attached to an aromatic ring is 1. The van der Waals surface area contributed by atoms with E-state index < -0.39 is 12.1 Å². The molecule has 2 rings (SSSR count). The second-order valence-electron chi connectivity index (χ2n) is 5.89. The van der Waals surface area contributed by atoms with Crippen molar-refractivity contribution in [3.63, 3.8) is 0 Å². The average molecular weight is 383 g/mol. The maximum absolute atomic E-state index is 12.3. The summed E-state index contributed by atoms with van der Waals surface area (Å²) < 4.78 is 10.8. The number of nitrogens with one attached hydrogen (secondary N) is 1. The molecular weight excluding hydrogens is 362 g/mol. The number of esters is 1. The second-order valence-corrected chi connectivity index (χ2v) is 5.89. The van der Waals surface area contributed by atoms with Crippen LogP contribution >= 0.6 is 0 Å². The normalized spacial score (nSPS) is 11.2. The summed E-state index contributed by atoms with van der Waals surface area (Å²) in [5, 5.41) is 11.7. The third-order valence-corrected chi connectivity index (χ3v) is 3.58. The van der Waals surface area contributed by atoms with E-state index >= 15 is 0 Å². The first-order valence-electron chi connectivity index (χ1n) is 8.62. The monoisotopic (exact) mass is 383 g/mol. The number of rotatable bonds is 7. The van der Waals surface area contributed by atoms with E-state index in [2.05, 4.69) is 15.3 Å². The third kappa shape index (κ3) is 5.17. The van der Waals surface area contributed by atoms with Crippen molar-refractivity contribution >= 4 is 17.7 Å². The van der Waals surface area contributed by atoms with Gasteiger partial charge in [-0.2, -0.15) is 10.2 Å². The summed E-state index contributed by atoms with van der Waals surface area (Å²) in [5.74, 6) is -0.880. The summed E-state index contributed by atoms with van der Waals surface area (Å²) in [6.07, 6.45) is -0.496. The van der Waals surface area contributed by atoms with Crippen LogP contribution in [0.2, 0.25) is 0 Å². The molecule has 9 nitrogen and oxygen atoms in total. The maximum Gasteiger partial charge on any atom is 0.347 e. The molecule has 0 saturated carbocycles. The van der Waals surface area contributed by atoms with Crippen molar-refractivity contribution in [3.8, 4) is 23.3 Å². The first-order chi connectivity index (χ1) is 13.3. The first kappa shape index (κ1) is 20.6. The SMILES string of the molecule is CCOC(=O)c1c(N)nc(-c2cccc(C#N)c2)nc1O[C@@H](C)CNC(C)=O. The second kappa shape index (κ2) is 9.32. The molecule has 0 radical (unpaired) electrons. The van der Waals surface area contributed by atoms with Crippen molar-refractivity contribution in [1.29, 1.82) is 5.26 Å². The number of hydrogen-bond acceptors (Lipinski definition) is 8. The van der Waals surface area contributed by atoms with E-state index in [0.717, 1.165) is 0 Å². The molecule has 1 aromatic carbocycles. The molecule has 0 bridgehead atoms. The zero-order valence-corrected chi connectivity index (χ0v) is 15.9. The molecule has 9 heteroatoms. The fourth-order valence-corrected chi connectivity index (χ4v) is 2.31. The van der Waals surface area contributed by atoms with Crippen LogP contribution in [0.25, 0.3) is 11.4 Å². The van der Waals surface area contributed by atoms with Crippen molar-refractivity contribution in [1.82, 2.24) is 15.3 Å². The molecule has 0 aliphatic rings. The van der Waals surface area contributed by atoms with Gasteiger partial charge in [-0.05, 0) is 26.0 Å². The van der Waals surface area contributed by atoms with Crippen molar-refractivity contribution in [3.05, 3.63) is 35.4 Å². The number of benzene rings is 1. The molecule has 146 valence electrons. The molecule has 3 N–H and O–H groups in total. The number of nitriles is 1. The van der Waals surface area contributed by atoms with E-state index in [4.69, 9.17) is 20.5 Å². The zero-order valence-electron chi connectivity index (χ0n) is 15.9. The molecule has 0 fully saturated rings. The molecule has 2 aromatic rings. The Kier molecular flexibility index (Phi) is 6.87. The van der Waals surface area contributed by atoms with Crippen LogP contribution in [-0.4, -0.2) is 41.1 Å². The summed E-state index contributed by atoms with van der Waals surface area (Å²) in [5.41, 5.74) is 6.87. The van der Waals surface area contributed by atoms with Gasteiger partial charge in [-0.15, -0.1) is 0 Å². The Morgan fingerprint density at radius 3 is 2.75 bits per heavy atom. The number of anilines is 1. The van der Waals surface area contributed by atoms with Crippen molar-refractivity contribution < 1.29 is 19.1 Å². The Hall–Kier alpha value is -3.67. The van der Waals surface area contributed by atoms with E-state index in [9.17, 15) is 9.59 Å². The highest BCUT2D eigenvalue weighted by atomic mass is 16.5. The highest BCUT2D eigenvalue weighted by Gasteiger charge is 2.24. The summed E-state index contributed by atoms with van der Waals surface area (Å²) in [6.45, 7) is 5.11. The van der Waals surface area contributed by atoms with Crippen LogP contribution in [0.1, 0.15) is 36.7 Å². The van der Waals surface area contributed by atoms with E-state index in [1.54, 1.807) is 38.1 Å². The Bertz CT molecular complexity index is 923. The van der Waals surface area contributed by atoms with E-state index in [1.165, 1.54) is 6.92 Å². The molecule has 0 saturated heterocycles. The number of carbonyl (C=O) groups excluding carboxylic acids is 2. The van der Waals surface area contributed by atoms with Crippen molar-refractivity contribution in [2.45, 2.75) is 26.9 Å². The van der Waals surface area contributed by atoms with Gasteiger partial charge >= 0.3 is 5.97 Å². The van der Waals surface area contributed by atoms with Gasteiger partial charge in [-0.1, -0.05) is 12.1 Å². The molecule has 1 atom stereocenters. The predicted octanol–water partition coefficient (Wildman–Crippen LogP) is 1.68. The minimum Gasteiger partial charge on any atom is -0.472 e. The van der Waals surface area contributed by atoms with E-state index in [-0.39, 0.29) is 42.1 Å². The fraction of sp³-hybridized carbons (Fsp3) is 0.316. The minimum absolute atomic E-state index is 0.0545. The quantitative estimate of drug-likeness (QED) is 0.688. The lowest BCUT2D eigenvalue weighted by molar-refractivity contribution is -0.119. The topological polar surface area (TPSA) is 140 Å². The number of carbonyl (C=O) groups is 2. The summed E-state index contributed by atoms with van der Waals surface area (Å²) in [7, 11) is 0. The molecule has 0 aliphatic carbocycles. The molecule has 1 heterocycles. The highest BCUT2D eigenvalue weighted by molar-refractivity contribution is 5.97. The lowest BCUT2D eigenvalue weighted by atomic mass is 10.1. The van der Waals surface area contributed by atoms with Gasteiger partial charge in [0.25, 0.3) is 0 Å². The summed E-state index contributed by atoms with van der Waals surface area (Å²) in [4.78, 5) is 31.9.